The molecule has 1 atom stereocenters. The number of carbonyl (C=O) groups is 1. The van der Waals surface area contributed by atoms with Crippen molar-refractivity contribution in [1.82, 2.24) is 0 Å². The van der Waals surface area contributed by atoms with E-state index in [0.717, 1.165) is 0 Å². The number of hydrogen-bond donors (Lipinski definition) is 1. The Morgan fingerprint density at radius 3 is 2.56 bits per heavy atom. The number of alkyl halides is 2. The molecule has 0 saturated heterocycles. The molecule has 0 saturated carbocycles. The summed E-state index contributed by atoms with van der Waals surface area (Å²) in [4.78, 5) is 10.9. The lowest BCUT2D eigenvalue weighted by molar-refractivity contribution is -0.139. The van der Waals surface area contributed by atoms with E-state index in [1.165, 1.54) is 18.2 Å². The van der Waals surface area contributed by atoms with Gasteiger partial charge in [-0.25, -0.2) is 0 Å². The van der Waals surface area contributed by atoms with Gasteiger partial charge in [-0.1, -0.05) is 25.1 Å². The molecular formula is C11H12F2O3. The molecule has 0 amide bonds. The number of hydrogen-bond acceptors (Lipinski definition) is 2. The Balaban J connectivity index is 3.05. The fourth-order valence-electron chi connectivity index (χ4n) is 1.50. The first-order valence-electron chi connectivity index (χ1n) is 4.82. The van der Waals surface area contributed by atoms with Gasteiger partial charge in [0.15, 0.2) is 0 Å². The van der Waals surface area contributed by atoms with Crippen LogP contribution in [0, 0.1) is 0 Å². The fraction of sp³-hybridized carbons (Fsp3) is 0.364. The molecule has 0 aliphatic rings. The summed E-state index contributed by atoms with van der Waals surface area (Å²) >= 11 is 0. The molecule has 0 radical (unpaired) electrons. The second kappa shape index (κ2) is 5.44. The van der Waals surface area contributed by atoms with Crippen LogP contribution >= 0.6 is 0 Å². The van der Waals surface area contributed by atoms with Crippen LogP contribution in [0.1, 0.15) is 24.8 Å². The number of para-hydroxylation sites is 1. The highest BCUT2D eigenvalue weighted by Gasteiger charge is 2.22. The van der Waals surface area contributed by atoms with Crippen molar-refractivity contribution in [3.8, 4) is 5.75 Å². The molecule has 1 aromatic carbocycles. The first kappa shape index (κ1) is 12.4. The second-order valence-electron chi connectivity index (χ2n) is 3.22. The molecule has 0 aliphatic heterocycles. The highest BCUT2D eigenvalue weighted by molar-refractivity contribution is 5.77. The van der Waals surface area contributed by atoms with Crippen LogP contribution in [0.2, 0.25) is 0 Å². The van der Waals surface area contributed by atoms with Crippen molar-refractivity contribution in [2.24, 2.45) is 0 Å². The molecule has 1 aromatic rings. The highest BCUT2D eigenvalue weighted by Crippen LogP contribution is 2.30. The number of halogens is 2. The van der Waals surface area contributed by atoms with Gasteiger partial charge in [0.1, 0.15) is 5.75 Å². The van der Waals surface area contributed by atoms with E-state index < -0.39 is 18.5 Å². The van der Waals surface area contributed by atoms with Crippen LogP contribution in [-0.2, 0) is 4.79 Å². The second-order valence-corrected chi connectivity index (χ2v) is 3.22. The summed E-state index contributed by atoms with van der Waals surface area (Å²) in [6.45, 7) is -1.27. The largest absolute Gasteiger partial charge is 0.481 e. The molecular weight excluding hydrogens is 218 g/mol. The zero-order valence-corrected chi connectivity index (χ0v) is 8.69. The molecule has 1 rings (SSSR count). The van der Waals surface area contributed by atoms with Crippen molar-refractivity contribution in [2.45, 2.75) is 25.9 Å². The van der Waals surface area contributed by atoms with Crippen molar-refractivity contribution in [3.63, 3.8) is 0 Å². The molecule has 0 heterocycles. The third-order valence-corrected chi connectivity index (χ3v) is 2.22. The van der Waals surface area contributed by atoms with Crippen molar-refractivity contribution in [3.05, 3.63) is 29.8 Å². The monoisotopic (exact) mass is 230 g/mol. The van der Waals surface area contributed by atoms with E-state index in [0.29, 0.717) is 6.42 Å². The fourth-order valence-corrected chi connectivity index (χ4v) is 1.50. The van der Waals surface area contributed by atoms with E-state index in [9.17, 15) is 13.6 Å². The molecule has 0 spiro atoms. The van der Waals surface area contributed by atoms with Crippen LogP contribution in [0.25, 0.3) is 0 Å². The first-order chi connectivity index (χ1) is 7.56. The van der Waals surface area contributed by atoms with E-state index in [1.807, 2.05) is 0 Å². The Hall–Kier alpha value is -1.65. The van der Waals surface area contributed by atoms with Crippen LogP contribution in [0.15, 0.2) is 24.3 Å². The Bertz CT molecular complexity index is 366. The van der Waals surface area contributed by atoms with Gasteiger partial charge in [-0.05, 0) is 12.5 Å². The number of carboxylic acids is 1. The lowest BCUT2D eigenvalue weighted by Crippen LogP contribution is -2.13. The zero-order valence-electron chi connectivity index (χ0n) is 8.69. The molecule has 16 heavy (non-hydrogen) atoms. The van der Waals surface area contributed by atoms with Crippen LogP contribution < -0.4 is 4.74 Å². The lowest BCUT2D eigenvalue weighted by atomic mass is 9.96. The molecule has 0 fully saturated rings. The van der Waals surface area contributed by atoms with Gasteiger partial charge in [0.2, 0.25) is 0 Å². The summed E-state index contributed by atoms with van der Waals surface area (Å²) in [7, 11) is 0. The molecule has 0 bridgehead atoms. The molecule has 88 valence electrons. The average molecular weight is 230 g/mol. The SMILES string of the molecule is CCC(C(=O)O)c1ccccc1OC(F)F. The summed E-state index contributed by atoms with van der Waals surface area (Å²) in [5.74, 6) is -1.95. The van der Waals surface area contributed by atoms with Gasteiger partial charge in [-0.15, -0.1) is 0 Å². The summed E-state index contributed by atoms with van der Waals surface area (Å²) < 4.78 is 28.5. The normalized spacial score (nSPS) is 12.5. The van der Waals surface area contributed by atoms with Gasteiger partial charge in [0.25, 0.3) is 0 Å². The minimum absolute atomic E-state index is 0.0771. The van der Waals surface area contributed by atoms with E-state index in [2.05, 4.69) is 4.74 Å². The van der Waals surface area contributed by atoms with Crippen molar-refractivity contribution in [2.75, 3.05) is 0 Å². The van der Waals surface area contributed by atoms with Gasteiger partial charge >= 0.3 is 12.6 Å². The van der Waals surface area contributed by atoms with Crippen molar-refractivity contribution >= 4 is 5.97 Å². The molecule has 3 nitrogen and oxygen atoms in total. The third kappa shape index (κ3) is 2.92. The summed E-state index contributed by atoms with van der Waals surface area (Å²) in [5, 5.41) is 8.94. The van der Waals surface area contributed by atoms with Crippen LogP contribution in [-0.4, -0.2) is 17.7 Å². The maximum Gasteiger partial charge on any atom is 0.387 e. The Morgan fingerprint density at radius 1 is 1.44 bits per heavy atom. The number of benzene rings is 1. The van der Waals surface area contributed by atoms with Gasteiger partial charge in [-0.3, -0.25) is 4.79 Å². The number of aliphatic carboxylic acids is 1. The standard InChI is InChI=1S/C11H12F2O3/c1-2-7(10(14)15)8-5-3-4-6-9(8)16-11(12)13/h3-7,11H,2H2,1H3,(H,14,15). The third-order valence-electron chi connectivity index (χ3n) is 2.22. The maximum absolute atomic E-state index is 12.1. The minimum Gasteiger partial charge on any atom is -0.481 e. The van der Waals surface area contributed by atoms with Gasteiger partial charge in [0.05, 0.1) is 5.92 Å². The number of carboxylic acid groups (broad SMARTS) is 1. The predicted octanol–water partition coefficient (Wildman–Crippen LogP) is 2.87. The Morgan fingerprint density at radius 2 is 2.06 bits per heavy atom. The van der Waals surface area contributed by atoms with E-state index in [4.69, 9.17) is 5.11 Å². The summed E-state index contributed by atoms with van der Waals surface area (Å²) in [5.41, 5.74) is 0.276. The summed E-state index contributed by atoms with van der Waals surface area (Å²) in [6.07, 6.45) is 0.318. The molecule has 0 aromatic heterocycles. The Kier molecular flexibility index (Phi) is 4.22. The topological polar surface area (TPSA) is 46.5 Å². The molecule has 1 unspecified atom stereocenters. The lowest BCUT2D eigenvalue weighted by Gasteiger charge is -2.15. The van der Waals surface area contributed by atoms with E-state index in [-0.39, 0.29) is 11.3 Å². The first-order valence-corrected chi connectivity index (χ1v) is 4.82. The summed E-state index contributed by atoms with van der Waals surface area (Å²) in [6, 6.07) is 5.95. The van der Waals surface area contributed by atoms with Gasteiger partial charge < -0.3 is 9.84 Å². The molecule has 5 heteroatoms. The quantitative estimate of drug-likeness (QED) is 0.845. The molecule has 1 N–H and O–H groups in total. The van der Waals surface area contributed by atoms with E-state index >= 15 is 0 Å². The van der Waals surface area contributed by atoms with Gasteiger partial charge in [0, 0.05) is 5.56 Å². The van der Waals surface area contributed by atoms with Crippen molar-refractivity contribution < 1.29 is 23.4 Å². The minimum atomic E-state index is -2.95. The van der Waals surface area contributed by atoms with Crippen molar-refractivity contribution in [1.29, 1.82) is 0 Å². The van der Waals surface area contributed by atoms with Crippen LogP contribution in [0.4, 0.5) is 8.78 Å². The van der Waals surface area contributed by atoms with Crippen LogP contribution in [0.5, 0.6) is 5.75 Å². The van der Waals surface area contributed by atoms with Gasteiger partial charge in [-0.2, -0.15) is 8.78 Å². The predicted molar refractivity (Wildman–Crippen MR) is 53.7 cm³/mol. The highest BCUT2D eigenvalue weighted by atomic mass is 19.3. The average Bonchev–Trinajstić information content (AvgIpc) is 2.20. The number of ether oxygens (including phenoxy) is 1. The van der Waals surface area contributed by atoms with Crippen LogP contribution in [0.3, 0.4) is 0 Å². The zero-order chi connectivity index (χ0) is 12.1. The van der Waals surface area contributed by atoms with E-state index in [1.54, 1.807) is 13.0 Å². The Labute approximate surface area is 91.7 Å². The number of rotatable bonds is 5. The smallest absolute Gasteiger partial charge is 0.387 e. The maximum atomic E-state index is 12.1. The molecule has 0 aliphatic carbocycles.